The molecular formula is C70H40N6O4. The first-order valence-corrected chi connectivity index (χ1v) is 26.6. The molecule has 0 radical (unpaired) electrons. The van der Waals surface area contributed by atoms with E-state index in [4.69, 9.17) is 0 Å². The average molecular weight is 1030 g/mol. The number of aromatic nitrogens is 4. The van der Waals surface area contributed by atoms with E-state index >= 15 is 19.2 Å². The zero-order valence-electron chi connectivity index (χ0n) is 42.4. The van der Waals surface area contributed by atoms with Crippen LogP contribution in [0.1, 0.15) is 41.4 Å². The Morgan fingerprint density at radius 3 is 0.588 bits per heavy atom. The lowest BCUT2D eigenvalue weighted by molar-refractivity contribution is 0.0912. The fourth-order valence-electron chi connectivity index (χ4n) is 13.4. The summed E-state index contributed by atoms with van der Waals surface area (Å²) in [4.78, 5) is 66.0. The molecule has 374 valence electrons. The summed E-state index contributed by atoms with van der Waals surface area (Å²) in [6, 6.07) is 79.2. The zero-order chi connectivity index (χ0) is 53.1. The van der Waals surface area contributed by atoms with E-state index in [1.807, 2.05) is 170 Å². The van der Waals surface area contributed by atoms with E-state index < -0.39 is 23.6 Å². The highest BCUT2D eigenvalue weighted by atomic mass is 16.2. The number of para-hydroxylation sites is 8. The molecule has 0 bridgehead atoms. The minimum absolute atomic E-state index is 0.205. The van der Waals surface area contributed by atoms with Gasteiger partial charge in [-0.25, -0.2) is 9.80 Å². The van der Waals surface area contributed by atoms with Crippen molar-refractivity contribution in [3.63, 3.8) is 0 Å². The van der Waals surface area contributed by atoms with Crippen LogP contribution in [0.15, 0.2) is 243 Å². The molecule has 4 amide bonds. The molecular weight excluding hydrogens is 989 g/mol. The quantitative estimate of drug-likeness (QED) is 0.155. The Hall–Kier alpha value is -11.1. The van der Waals surface area contributed by atoms with Crippen LogP contribution in [0.2, 0.25) is 0 Å². The lowest BCUT2D eigenvalue weighted by Crippen LogP contribution is -2.32. The van der Waals surface area contributed by atoms with Crippen molar-refractivity contribution in [3.8, 4) is 22.7 Å². The minimum atomic E-state index is -0.536. The Bertz CT molecular complexity index is 4480. The third kappa shape index (κ3) is 5.74. The lowest BCUT2D eigenvalue weighted by Gasteiger charge is -2.19. The number of nitrogens with zero attached hydrogens (tertiary/aromatic N) is 6. The largest absolute Gasteiger partial charge is 0.308 e. The molecule has 2 aliphatic rings. The predicted octanol–water partition coefficient (Wildman–Crippen LogP) is 15.7. The lowest BCUT2D eigenvalue weighted by atomic mass is 10.0. The Balaban J connectivity index is 0.871. The molecule has 0 N–H and O–H groups in total. The van der Waals surface area contributed by atoms with Crippen molar-refractivity contribution in [2.45, 2.75) is 0 Å². The van der Waals surface area contributed by atoms with Crippen LogP contribution in [0.5, 0.6) is 0 Å². The molecule has 0 saturated heterocycles. The Morgan fingerprint density at radius 2 is 0.388 bits per heavy atom. The van der Waals surface area contributed by atoms with Crippen LogP contribution >= 0.6 is 0 Å². The van der Waals surface area contributed by atoms with Gasteiger partial charge in [-0.3, -0.25) is 19.2 Å². The van der Waals surface area contributed by atoms with E-state index in [0.29, 0.717) is 22.7 Å². The van der Waals surface area contributed by atoms with Gasteiger partial charge in [0.05, 0.1) is 101 Å². The molecule has 10 nitrogen and oxygen atoms in total. The van der Waals surface area contributed by atoms with Gasteiger partial charge in [0.15, 0.2) is 0 Å². The van der Waals surface area contributed by atoms with Crippen LogP contribution in [0.4, 0.5) is 11.4 Å². The third-order valence-electron chi connectivity index (χ3n) is 16.6. The van der Waals surface area contributed by atoms with Crippen molar-refractivity contribution in [1.29, 1.82) is 0 Å². The highest BCUT2D eigenvalue weighted by molar-refractivity contribution is 6.39. The van der Waals surface area contributed by atoms with Crippen LogP contribution in [-0.4, -0.2) is 41.9 Å². The maximum Gasteiger partial charge on any atom is 0.268 e. The number of hydrogen-bond acceptors (Lipinski definition) is 4. The molecule has 17 rings (SSSR count). The van der Waals surface area contributed by atoms with E-state index in [1.54, 1.807) is 24.3 Å². The Labute approximate surface area is 455 Å². The molecule has 2 aliphatic heterocycles. The highest BCUT2D eigenvalue weighted by Gasteiger charge is 2.45. The van der Waals surface area contributed by atoms with Gasteiger partial charge >= 0.3 is 0 Å². The smallest absolute Gasteiger partial charge is 0.268 e. The maximum atomic E-state index is 15.9. The Morgan fingerprint density at radius 1 is 0.200 bits per heavy atom. The first kappa shape index (κ1) is 44.1. The van der Waals surface area contributed by atoms with Gasteiger partial charge in [0.2, 0.25) is 0 Å². The first-order valence-electron chi connectivity index (χ1n) is 26.6. The second-order valence-electron chi connectivity index (χ2n) is 20.6. The molecule has 0 aliphatic carbocycles. The van der Waals surface area contributed by atoms with Crippen LogP contribution in [0.3, 0.4) is 0 Å². The molecule has 11 aromatic carbocycles. The fourth-order valence-corrected chi connectivity index (χ4v) is 13.4. The number of hydrogen-bond donors (Lipinski definition) is 0. The van der Waals surface area contributed by atoms with Gasteiger partial charge in [0.1, 0.15) is 0 Å². The van der Waals surface area contributed by atoms with Crippen LogP contribution in [0, 0.1) is 0 Å². The number of amides is 4. The SMILES string of the molecule is O=C1c2c(-n3c4ccccc4c4ccccc43)ccc(-n3c4ccccc4c4ccccc43)c2C(=O)N1c1cccc(N2C(=O)c3c(-n4c5ccccc5c5ccccc54)ccc(-n4c5ccccc5c5ccccc54)c3C2=O)c1. The van der Waals surface area contributed by atoms with Crippen LogP contribution in [0.25, 0.3) is 110 Å². The molecule has 4 aromatic heterocycles. The number of carbonyl (C=O) groups excluding carboxylic acids is 4. The molecule has 0 saturated carbocycles. The monoisotopic (exact) mass is 1030 g/mol. The minimum Gasteiger partial charge on any atom is -0.308 e. The van der Waals surface area contributed by atoms with Gasteiger partial charge in [-0.15, -0.1) is 0 Å². The summed E-state index contributed by atoms with van der Waals surface area (Å²) in [5, 5.41) is 8.06. The summed E-state index contributed by atoms with van der Waals surface area (Å²) in [7, 11) is 0. The second-order valence-corrected chi connectivity index (χ2v) is 20.6. The number of rotatable bonds is 6. The molecule has 0 unspecified atom stereocenters. The number of fused-ring (bicyclic) bond motifs is 14. The van der Waals surface area contributed by atoms with Crippen LogP contribution < -0.4 is 9.80 Å². The van der Waals surface area contributed by atoms with Crippen molar-refractivity contribution >= 4 is 122 Å². The van der Waals surface area contributed by atoms with Gasteiger partial charge in [-0.05, 0) is 91.0 Å². The summed E-state index contributed by atoms with van der Waals surface area (Å²) < 4.78 is 8.30. The van der Waals surface area contributed by atoms with Gasteiger partial charge in [-0.1, -0.05) is 152 Å². The number of anilines is 2. The number of carbonyl (C=O) groups is 4. The summed E-state index contributed by atoms with van der Waals surface area (Å²) in [6.07, 6.45) is 0. The van der Waals surface area contributed by atoms with Crippen molar-refractivity contribution in [2.75, 3.05) is 9.80 Å². The maximum absolute atomic E-state index is 15.9. The normalized spacial score (nSPS) is 13.6. The number of imide groups is 2. The third-order valence-corrected chi connectivity index (χ3v) is 16.6. The van der Waals surface area contributed by atoms with Gasteiger partial charge in [0, 0.05) is 43.1 Å². The Kier molecular flexibility index (Phi) is 8.93. The van der Waals surface area contributed by atoms with E-state index in [2.05, 4.69) is 66.8 Å². The molecule has 10 heteroatoms. The van der Waals surface area contributed by atoms with Gasteiger partial charge < -0.3 is 18.3 Å². The number of benzene rings is 11. The zero-order valence-corrected chi connectivity index (χ0v) is 42.4. The van der Waals surface area contributed by atoms with E-state index in [1.165, 1.54) is 9.80 Å². The molecule has 15 aromatic rings. The van der Waals surface area contributed by atoms with Crippen molar-refractivity contribution < 1.29 is 19.2 Å². The standard InChI is InChI=1S/C70H40N6O4/c77-67-63-59(73-51-28-9-1-20-43(51)44-21-2-10-29-52(44)73)36-37-60(74-53-30-11-3-22-45(53)46-23-4-12-31-54(46)74)64(63)68(78)71(67)41-18-17-19-42(40-41)72-69(79)65-61(75-55-32-13-5-24-47(55)48-25-6-14-33-56(48)75)38-39-62(66(65)70(72)80)76-57-34-15-7-26-49(57)50-27-8-16-35-58(50)76/h1-40H. The molecule has 80 heavy (non-hydrogen) atoms. The predicted molar refractivity (Wildman–Crippen MR) is 319 cm³/mol. The van der Waals surface area contributed by atoms with E-state index in [9.17, 15) is 0 Å². The summed E-state index contributed by atoms with van der Waals surface area (Å²) >= 11 is 0. The molecule has 0 atom stereocenters. The van der Waals surface area contributed by atoms with Gasteiger partial charge in [0.25, 0.3) is 23.6 Å². The molecule has 0 fully saturated rings. The fraction of sp³-hybridized carbons (Fsp3) is 0. The van der Waals surface area contributed by atoms with Crippen LogP contribution in [-0.2, 0) is 0 Å². The van der Waals surface area contributed by atoms with E-state index in [-0.39, 0.29) is 33.6 Å². The topological polar surface area (TPSA) is 94.5 Å². The van der Waals surface area contributed by atoms with E-state index in [0.717, 1.165) is 87.2 Å². The summed E-state index contributed by atoms with van der Waals surface area (Å²) in [5.74, 6) is -2.14. The average Bonchev–Trinajstić information content (AvgIpc) is 4.39. The van der Waals surface area contributed by atoms with Crippen molar-refractivity contribution in [2.24, 2.45) is 0 Å². The van der Waals surface area contributed by atoms with Gasteiger partial charge in [-0.2, -0.15) is 0 Å². The van der Waals surface area contributed by atoms with Crippen molar-refractivity contribution in [1.82, 2.24) is 18.3 Å². The second kappa shape index (κ2) is 16.2. The summed E-state index contributed by atoms with van der Waals surface area (Å²) in [6.45, 7) is 0. The highest BCUT2D eigenvalue weighted by Crippen LogP contribution is 2.46. The first-order chi connectivity index (χ1) is 39.4. The molecule has 6 heterocycles. The molecule has 0 spiro atoms. The summed E-state index contributed by atoms with van der Waals surface area (Å²) in [5.41, 5.74) is 10.6. The van der Waals surface area contributed by atoms with Crippen molar-refractivity contribution in [3.05, 3.63) is 265 Å².